The maximum absolute atomic E-state index is 14.7. The van der Waals surface area contributed by atoms with Gasteiger partial charge in [0.05, 0.1) is 29.1 Å². The Bertz CT molecular complexity index is 2310. The summed E-state index contributed by atoms with van der Waals surface area (Å²) < 4.78 is 29.7. The third-order valence-electron chi connectivity index (χ3n) is 9.84. The van der Waals surface area contributed by atoms with Crippen molar-refractivity contribution in [1.29, 1.82) is 0 Å². The van der Waals surface area contributed by atoms with Crippen molar-refractivity contribution in [3.8, 4) is 28.5 Å². The number of aromatic hydroxyl groups is 1. The fourth-order valence-electron chi connectivity index (χ4n) is 6.99. The smallest absolute Gasteiger partial charge is 0.264 e. The third kappa shape index (κ3) is 5.13. The minimum atomic E-state index is -0.682. The first kappa shape index (κ1) is 31.2. The number of halogens is 1. The molecule has 0 aliphatic carbocycles. The van der Waals surface area contributed by atoms with E-state index in [9.17, 15) is 19.1 Å². The number of nitrogens with zero attached hydrogens (tertiary/aromatic N) is 5. The van der Waals surface area contributed by atoms with Crippen LogP contribution >= 0.6 is 0 Å². The zero-order valence-corrected chi connectivity index (χ0v) is 27.8. The highest BCUT2D eigenvalue weighted by Gasteiger charge is 2.34. The van der Waals surface area contributed by atoms with Gasteiger partial charge in [0.15, 0.2) is 11.5 Å². The lowest BCUT2D eigenvalue weighted by Gasteiger charge is -2.36. The lowest BCUT2D eigenvalue weighted by Crippen LogP contribution is -2.45. The van der Waals surface area contributed by atoms with E-state index in [1.807, 2.05) is 72.7 Å². The molecule has 50 heavy (non-hydrogen) atoms. The Kier molecular flexibility index (Phi) is 7.55. The number of phenols is 1. The molecule has 0 spiro atoms. The Balaban J connectivity index is 1.23. The standard InChI is InChI=1S/C39H34FN5O5/c1-23-31(39(48)45(27-8-10-30(46)11-9-27)29-15-25-12-13-42(2)37(25)41-20-29)16-34(43(23)3)32-17-35-36(50-22-49-35)18-33(32)38(47)44-21-26-7-5-4-6-24(26)14-28(44)19-40/h4-13,15-18,20,28,46H,14,19,21-22H2,1-3H3/t28-/m0/s1. The van der Waals surface area contributed by atoms with Gasteiger partial charge in [-0.15, -0.1) is 0 Å². The molecule has 2 amide bonds. The molecule has 0 saturated carbocycles. The van der Waals surface area contributed by atoms with Gasteiger partial charge in [0.25, 0.3) is 11.8 Å². The number of carbonyl (C=O) groups is 2. The Hall–Kier alpha value is -6.10. The second kappa shape index (κ2) is 12.1. The van der Waals surface area contributed by atoms with Crippen LogP contribution in [-0.4, -0.2) is 55.4 Å². The largest absolute Gasteiger partial charge is 0.508 e. The van der Waals surface area contributed by atoms with Crippen molar-refractivity contribution >= 4 is 34.2 Å². The summed E-state index contributed by atoms with van der Waals surface area (Å²) in [5, 5.41) is 10.9. The minimum Gasteiger partial charge on any atom is -0.508 e. The number of alkyl halides is 1. The van der Waals surface area contributed by atoms with Gasteiger partial charge in [0.2, 0.25) is 6.79 Å². The predicted molar refractivity (Wildman–Crippen MR) is 187 cm³/mol. The van der Waals surface area contributed by atoms with E-state index in [1.54, 1.807) is 46.3 Å². The summed E-state index contributed by atoms with van der Waals surface area (Å²) in [5.41, 5.74) is 6.38. The number of carbonyl (C=O) groups excluding carboxylic acids is 2. The van der Waals surface area contributed by atoms with E-state index < -0.39 is 12.7 Å². The van der Waals surface area contributed by atoms with Gasteiger partial charge in [-0.25, -0.2) is 9.37 Å². The zero-order chi connectivity index (χ0) is 34.7. The molecule has 0 unspecified atom stereocenters. The zero-order valence-electron chi connectivity index (χ0n) is 27.8. The molecule has 0 radical (unpaired) electrons. The Morgan fingerprint density at radius 2 is 1.68 bits per heavy atom. The Morgan fingerprint density at radius 1 is 0.940 bits per heavy atom. The van der Waals surface area contributed by atoms with Crippen LogP contribution in [0.2, 0.25) is 0 Å². The van der Waals surface area contributed by atoms with Gasteiger partial charge in [-0.2, -0.15) is 0 Å². The van der Waals surface area contributed by atoms with Gasteiger partial charge >= 0.3 is 0 Å². The van der Waals surface area contributed by atoms with E-state index in [-0.39, 0.29) is 30.9 Å². The number of aromatic nitrogens is 3. The minimum absolute atomic E-state index is 0.00783. The third-order valence-corrected chi connectivity index (χ3v) is 9.84. The van der Waals surface area contributed by atoms with Crippen LogP contribution in [0.1, 0.15) is 37.5 Å². The average molecular weight is 672 g/mol. The lowest BCUT2D eigenvalue weighted by atomic mass is 9.93. The number of hydrogen-bond donors (Lipinski definition) is 1. The molecule has 252 valence electrons. The van der Waals surface area contributed by atoms with Crippen LogP contribution in [0.4, 0.5) is 15.8 Å². The van der Waals surface area contributed by atoms with Gasteiger partial charge in [-0.1, -0.05) is 24.3 Å². The number of benzene rings is 3. The van der Waals surface area contributed by atoms with E-state index >= 15 is 0 Å². The number of anilines is 2. The molecule has 3 aromatic carbocycles. The normalized spacial score (nSPS) is 15.0. The first-order chi connectivity index (χ1) is 24.2. The van der Waals surface area contributed by atoms with Gasteiger partial charge in [0.1, 0.15) is 18.1 Å². The highest BCUT2D eigenvalue weighted by atomic mass is 19.1. The predicted octanol–water partition coefficient (Wildman–Crippen LogP) is 6.84. The number of hydrogen-bond acceptors (Lipinski definition) is 6. The van der Waals surface area contributed by atoms with Crippen molar-refractivity contribution in [2.75, 3.05) is 18.4 Å². The highest BCUT2D eigenvalue weighted by Crippen LogP contribution is 2.42. The molecule has 2 aliphatic rings. The van der Waals surface area contributed by atoms with Crippen molar-refractivity contribution < 1.29 is 28.6 Å². The molecule has 2 aliphatic heterocycles. The van der Waals surface area contributed by atoms with Gasteiger partial charge in [-0.05, 0) is 79.1 Å². The molecule has 6 aromatic rings. The highest BCUT2D eigenvalue weighted by molar-refractivity contribution is 6.13. The fraction of sp³-hybridized carbons (Fsp3) is 0.205. The number of phenolic OH excluding ortho intramolecular Hbond substituents is 1. The number of ether oxygens (including phenoxy) is 2. The topological polar surface area (TPSA) is 102 Å². The SMILES string of the molecule is Cc1c(C(=O)N(c2ccc(O)cc2)c2cnc3c(ccn3C)c2)cc(-c2cc3c(cc2C(=O)N2Cc4ccccc4C[C@H]2CF)OCO3)n1C. The summed E-state index contributed by atoms with van der Waals surface area (Å²) in [6, 6.07) is 22.6. The van der Waals surface area contributed by atoms with Gasteiger partial charge < -0.3 is 28.6 Å². The van der Waals surface area contributed by atoms with E-state index in [4.69, 9.17) is 9.47 Å². The van der Waals surface area contributed by atoms with E-state index in [0.29, 0.717) is 57.4 Å². The number of pyridine rings is 1. The monoisotopic (exact) mass is 671 g/mol. The molecular formula is C39H34FN5O5. The van der Waals surface area contributed by atoms with Crippen LogP contribution in [0, 0.1) is 6.92 Å². The summed E-state index contributed by atoms with van der Waals surface area (Å²) in [5.74, 6) is 0.308. The van der Waals surface area contributed by atoms with Crippen LogP contribution in [0.15, 0.2) is 91.3 Å². The second-order valence-electron chi connectivity index (χ2n) is 12.7. The second-order valence-corrected chi connectivity index (χ2v) is 12.7. The fourth-order valence-corrected chi connectivity index (χ4v) is 6.99. The molecule has 11 heteroatoms. The molecule has 5 heterocycles. The molecule has 8 rings (SSSR count). The summed E-state index contributed by atoms with van der Waals surface area (Å²) in [4.78, 5) is 37.0. The van der Waals surface area contributed by atoms with Crippen LogP contribution in [0.25, 0.3) is 22.3 Å². The molecule has 10 nitrogen and oxygen atoms in total. The van der Waals surface area contributed by atoms with Crippen LogP contribution in [-0.2, 0) is 27.1 Å². The average Bonchev–Trinajstić information content (AvgIpc) is 3.84. The summed E-state index contributed by atoms with van der Waals surface area (Å²) >= 11 is 0. The maximum Gasteiger partial charge on any atom is 0.264 e. The van der Waals surface area contributed by atoms with Crippen LogP contribution in [0.5, 0.6) is 17.2 Å². The van der Waals surface area contributed by atoms with Crippen LogP contribution in [0.3, 0.4) is 0 Å². The lowest BCUT2D eigenvalue weighted by molar-refractivity contribution is 0.0606. The van der Waals surface area contributed by atoms with Gasteiger partial charge in [0, 0.05) is 54.9 Å². The molecular weight excluding hydrogens is 637 g/mol. The molecule has 1 N–H and O–H groups in total. The number of aryl methyl sites for hydroxylation is 1. The first-order valence-electron chi connectivity index (χ1n) is 16.3. The van der Waals surface area contributed by atoms with Crippen molar-refractivity contribution in [3.63, 3.8) is 0 Å². The summed E-state index contributed by atoms with van der Waals surface area (Å²) in [7, 11) is 3.74. The molecule has 3 aromatic heterocycles. The molecule has 0 saturated heterocycles. The number of amides is 2. The summed E-state index contributed by atoms with van der Waals surface area (Å²) in [6.45, 7) is 1.45. The molecule has 1 atom stereocenters. The van der Waals surface area contributed by atoms with Crippen molar-refractivity contribution in [3.05, 3.63) is 119 Å². The first-order valence-corrected chi connectivity index (χ1v) is 16.3. The van der Waals surface area contributed by atoms with E-state index in [1.165, 1.54) is 12.1 Å². The van der Waals surface area contributed by atoms with Gasteiger partial charge in [-0.3, -0.25) is 14.5 Å². The van der Waals surface area contributed by atoms with Crippen molar-refractivity contribution in [1.82, 2.24) is 19.0 Å². The number of fused-ring (bicyclic) bond motifs is 3. The maximum atomic E-state index is 14.7. The Morgan fingerprint density at radius 3 is 2.44 bits per heavy atom. The molecule has 0 bridgehead atoms. The number of rotatable bonds is 6. The quantitative estimate of drug-likeness (QED) is 0.208. The van der Waals surface area contributed by atoms with E-state index in [0.717, 1.165) is 22.2 Å². The van der Waals surface area contributed by atoms with Crippen molar-refractivity contribution in [2.45, 2.75) is 25.9 Å². The van der Waals surface area contributed by atoms with Crippen LogP contribution < -0.4 is 14.4 Å². The Labute approximate surface area is 287 Å². The molecule has 0 fully saturated rings. The van der Waals surface area contributed by atoms with Crippen molar-refractivity contribution in [2.24, 2.45) is 14.1 Å². The van der Waals surface area contributed by atoms with E-state index in [2.05, 4.69) is 4.98 Å². The summed E-state index contributed by atoms with van der Waals surface area (Å²) in [6.07, 6.45) is 3.97.